The summed E-state index contributed by atoms with van der Waals surface area (Å²) >= 11 is 0. The topological polar surface area (TPSA) is 166 Å². The van der Waals surface area contributed by atoms with Gasteiger partial charge in [0.25, 0.3) is 0 Å². The normalized spacial score (nSPS) is 28.8. The standard InChI is InChI=1S/C29H33NO11/c1-14(31)11-20(38-16(3)33)26(35)40-21(12-15(2)32)27(36)39-19-7-8-29(37)22-13-17-5-6-18(34)24-23(17)28(29,25(19)41-24)9-10-30(22)4/h5-7,20-22,25,34,37H,8-13H2,1-4H3/t20-,21-,22+,25-,28-,29+/m0/s1. The van der Waals surface area contributed by atoms with Crippen LogP contribution >= 0.6 is 0 Å². The number of carbonyl (C=O) groups excluding carboxylic acids is 5. The molecule has 1 saturated heterocycles. The van der Waals surface area contributed by atoms with Gasteiger partial charge >= 0.3 is 17.9 Å². The second kappa shape index (κ2) is 10.3. The number of likely N-dealkylation sites (tertiary alicyclic amines) is 1. The van der Waals surface area contributed by atoms with Crippen molar-refractivity contribution in [3.05, 3.63) is 35.1 Å². The number of aliphatic hydroxyl groups is 1. The fourth-order valence-corrected chi connectivity index (χ4v) is 6.90. The molecular weight excluding hydrogens is 538 g/mol. The Labute approximate surface area is 236 Å². The molecule has 1 aromatic rings. The van der Waals surface area contributed by atoms with Gasteiger partial charge in [-0.2, -0.15) is 0 Å². The lowest BCUT2D eigenvalue weighted by Gasteiger charge is -2.61. The molecule has 4 aliphatic rings. The predicted octanol–water partition coefficient (Wildman–Crippen LogP) is 1.01. The maximum absolute atomic E-state index is 13.4. The first-order chi connectivity index (χ1) is 19.3. The summed E-state index contributed by atoms with van der Waals surface area (Å²) in [6.07, 6.45) is -2.56. The Hall–Kier alpha value is -3.77. The van der Waals surface area contributed by atoms with E-state index >= 15 is 0 Å². The highest BCUT2D eigenvalue weighted by molar-refractivity contribution is 5.90. The minimum atomic E-state index is -1.70. The van der Waals surface area contributed by atoms with E-state index < -0.39 is 71.6 Å². The average Bonchev–Trinajstić information content (AvgIpc) is 3.24. The van der Waals surface area contributed by atoms with Crippen LogP contribution in [0.4, 0.5) is 0 Å². The van der Waals surface area contributed by atoms with Gasteiger partial charge < -0.3 is 34.1 Å². The Kier molecular flexibility index (Phi) is 7.19. The number of benzene rings is 1. The lowest BCUT2D eigenvalue weighted by atomic mass is 9.50. The molecule has 5 rings (SSSR count). The van der Waals surface area contributed by atoms with Crippen molar-refractivity contribution in [1.82, 2.24) is 4.90 Å². The van der Waals surface area contributed by atoms with Crippen LogP contribution in [0.5, 0.6) is 11.5 Å². The van der Waals surface area contributed by atoms with Crippen LogP contribution in [0.25, 0.3) is 0 Å². The van der Waals surface area contributed by atoms with Crippen LogP contribution in [0.2, 0.25) is 0 Å². The van der Waals surface area contributed by atoms with Crippen molar-refractivity contribution >= 4 is 29.5 Å². The van der Waals surface area contributed by atoms with Crippen LogP contribution < -0.4 is 4.74 Å². The van der Waals surface area contributed by atoms with Crippen LogP contribution in [-0.2, 0) is 50.0 Å². The van der Waals surface area contributed by atoms with Gasteiger partial charge in [0.2, 0.25) is 12.2 Å². The summed E-state index contributed by atoms with van der Waals surface area (Å²) in [5.74, 6) is -3.81. The molecule has 1 fully saturated rings. The number of rotatable bonds is 9. The zero-order valence-electron chi connectivity index (χ0n) is 23.3. The minimum absolute atomic E-state index is 0.0660. The molecule has 1 aromatic carbocycles. The van der Waals surface area contributed by atoms with Crippen LogP contribution in [-0.4, -0.2) is 88.1 Å². The first-order valence-corrected chi connectivity index (χ1v) is 13.5. The minimum Gasteiger partial charge on any atom is -0.504 e. The molecule has 2 aliphatic carbocycles. The van der Waals surface area contributed by atoms with Gasteiger partial charge in [0.15, 0.2) is 17.6 Å². The van der Waals surface area contributed by atoms with Gasteiger partial charge in [0.05, 0.1) is 23.9 Å². The Bertz CT molecular complexity index is 1350. The van der Waals surface area contributed by atoms with Crippen LogP contribution in [0.15, 0.2) is 24.0 Å². The van der Waals surface area contributed by atoms with Crippen molar-refractivity contribution in [2.24, 2.45) is 0 Å². The number of likely N-dealkylation sites (N-methyl/N-ethyl adjacent to an activating group) is 1. The van der Waals surface area contributed by atoms with Gasteiger partial charge in [0.1, 0.15) is 17.3 Å². The third-order valence-corrected chi connectivity index (χ3v) is 8.61. The number of ether oxygens (including phenoxy) is 4. The lowest BCUT2D eigenvalue weighted by molar-refractivity contribution is -0.182. The molecule has 41 heavy (non-hydrogen) atoms. The number of aromatic hydroxyl groups is 1. The Morgan fingerprint density at radius 1 is 1.05 bits per heavy atom. The second-order valence-electron chi connectivity index (χ2n) is 11.4. The molecular formula is C29H33NO11. The summed E-state index contributed by atoms with van der Waals surface area (Å²) in [6.45, 7) is 4.08. The number of nitrogens with zero attached hydrogens (tertiary/aromatic N) is 1. The van der Waals surface area contributed by atoms with E-state index in [9.17, 15) is 34.2 Å². The van der Waals surface area contributed by atoms with E-state index in [1.807, 2.05) is 13.1 Å². The molecule has 12 heteroatoms. The van der Waals surface area contributed by atoms with Crippen LogP contribution in [0, 0.1) is 0 Å². The van der Waals surface area contributed by atoms with Crippen molar-refractivity contribution in [3.8, 4) is 11.5 Å². The fraction of sp³-hybridized carbons (Fsp3) is 0.552. The van der Waals surface area contributed by atoms with E-state index in [1.54, 1.807) is 12.1 Å². The summed E-state index contributed by atoms with van der Waals surface area (Å²) < 4.78 is 22.1. The second-order valence-corrected chi connectivity index (χ2v) is 11.4. The number of hydrogen-bond donors (Lipinski definition) is 2. The van der Waals surface area contributed by atoms with Gasteiger partial charge in [-0.1, -0.05) is 6.07 Å². The van der Waals surface area contributed by atoms with Gasteiger partial charge in [0, 0.05) is 24.9 Å². The molecule has 0 aromatic heterocycles. The molecule has 12 nitrogen and oxygen atoms in total. The molecule has 0 radical (unpaired) electrons. The molecule has 1 spiro atoms. The zero-order valence-corrected chi connectivity index (χ0v) is 23.3. The summed E-state index contributed by atoms with van der Waals surface area (Å²) in [7, 11) is 1.95. The summed E-state index contributed by atoms with van der Waals surface area (Å²) in [4.78, 5) is 63.4. The highest BCUT2D eigenvalue weighted by atomic mass is 16.6. The largest absolute Gasteiger partial charge is 0.504 e. The van der Waals surface area contributed by atoms with Crippen molar-refractivity contribution < 1.29 is 53.1 Å². The number of piperidine rings is 1. The van der Waals surface area contributed by atoms with Gasteiger partial charge in [-0.25, -0.2) is 9.59 Å². The Morgan fingerprint density at radius 2 is 1.71 bits per heavy atom. The third-order valence-electron chi connectivity index (χ3n) is 8.61. The zero-order chi connectivity index (χ0) is 29.9. The number of hydrogen-bond acceptors (Lipinski definition) is 12. The molecule has 0 amide bonds. The van der Waals surface area contributed by atoms with Gasteiger partial charge in [-0.3, -0.25) is 14.4 Å². The molecule has 2 heterocycles. The average molecular weight is 572 g/mol. The summed E-state index contributed by atoms with van der Waals surface area (Å²) in [6, 6.07) is 3.12. The van der Waals surface area contributed by atoms with Crippen molar-refractivity contribution in [1.29, 1.82) is 0 Å². The van der Waals surface area contributed by atoms with E-state index in [0.717, 1.165) is 12.5 Å². The number of ketones is 2. The Balaban J connectivity index is 1.45. The van der Waals surface area contributed by atoms with E-state index in [1.165, 1.54) is 13.8 Å². The smallest absolute Gasteiger partial charge is 0.353 e. The highest BCUT2D eigenvalue weighted by Gasteiger charge is 2.72. The quantitative estimate of drug-likeness (QED) is 0.320. The van der Waals surface area contributed by atoms with Crippen molar-refractivity contribution in [3.63, 3.8) is 0 Å². The molecule has 2 aliphatic heterocycles. The number of phenolic OH excluding ortho intramolecular Hbond substituents is 1. The highest BCUT2D eigenvalue weighted by Crippen LogP contribution is 2.65. The lowest BCUT2D eigenvalue weighted by Crippen LogP contribution is -2.74. The molecule has 2 bridgehead atoms. The monoisotopic (exact) mass is 571 g/mol. The summed E-state index contributed by atoms with van der Waals surface area (Å²) in [5, 5.41) is 22.9. The fourth-order valence-electron chi connectivity index (χ4n) is 6.90. The van der Waals surface area contributed by atoms with Crippen LogP contribution in [0.1, 0.15) is 57.6 Å². The number of carbonyl (C=O) groups is 5. The van der Waals surface area contributed by atoms with E-state index in [4.69, 9.17) is 18.9 Å². The maximum atomic E-state index is 13.4. The number of esters is 3. The number of phenols is 1. The third kappa shape index (κ3) is 4.58. The van der Waals surface area contributed by atoms with Gasteiger partial charge in [-0.15, -0.1) is 0 Å². The maximum Gasteiger partial charge on any atom is 0.353 e. The van der Waals surface area contributed by atoms with Crippen LogP contribution in [0.3, 0.4) is 0 Å². The SMILES string of the molecule is CC(=O)C[C@H](OC(C)=O)C(=O)O[C@@H](CC(C)=O)C(=O)OC1=CC[C@@]2(O)[C@H]3Cc4ccc(O)c5c4[C@@]2(CCN3C)[C@H]1O5. The summed E-state index contributed by atoms with van der Waals surface area (Å²) in [5.41, 5.74) is -0.650. The molecule has 6 atom stereocenters. The van der Waals surface area contributed by atoms with E-state index in [2.05, 4.69) is 4.90 Å². The molecule has 2 N–H and O–H groups in total. The van der Waals surface area contributed by atoms with Gasteiger partial charge in [-0.05, 0) is 58.0 Å². The molecule has 0 unspecified atom stereocenters. The first-order valence-electron chi connectivity index (χ1n) is 13.5. The predicted molar refractivity (Wildman–Crippen MR) is 139 cm³/mol. The first kappa shape index (κ1) is 28.7. The molecule has 0 saturated carbocycles. The van der Waals surface area contributed by atoms with Crippen molar-refractivity contribution in [2.75, 3.05) is 13.6 Å². The van der Waals surface area contributed by atoms with Crippen molar-refractivity contribution in [2.45, 2.75) is 88.2 Å². The van der Waals surface area contributed by atoms with E-state index in [0.29, 0.717) is 24.9 Å². The Morgan fingerprint density at radius 3 is 2.34 bits per heavy atom. The molecule has 220 valence electrons. The number of Topliss-reactive ketones (excluding diaryl/α,β-unsaturated/α-hetero) is 2. The van der Waals surface area contributed by atoms with E-state index in [-0.39, 0.29) is 29.7 Å².